The number of likely N-dealkylation sites (tertiary alicyclic amines) is 1. The van der Waals surface area contributed by atoms with Crippen LogP contribution in [0.2, 0.25) is 0 Å². The van der Waals surface area contributed by atoms with E-state index in [9.17, 15) is 24.8 Å². The first-order chi connectivity index (χ1) is 14.9. The van der Waals surface area contributed by atoms with E-state index < -0.39 is 22.7 Å². The van der Waals surface area contributed by atoms with E-state index in [0.717, 1.165) is 18.4 Å². The molecule has 0 saturated carbocycles. The number of aliphatic hydroxyl groups is 1. The molecule has 0 aromatic heterocycles. The first-order valence-electron chi connectivity index (χ1n) is 10.1. The second-order valence-corrected chi connectivity index (χ2v) is 7.80. The number of Topliss-reactive ketones (excluding diaryl/α,β-unsaturated/α-hetero) is 1. The highest BCUT2D eigenvalue weighted by Crippen LogP contribution is 2.40. The normalized spacial score (nSPS) is 22.8. The molecule has 4 rings (SSSR count). The molecule has 2 atom stereocenters. The number of nitrogens with zero attached hydrogens (tertiary/aromatic N) is 2. The lowest BCUT2D eigenvalue weighted by Gasteiger charge is -2.27. The Hall–Kier alpha value is -3.52. The first kappa shape index (κ1) is 20.7. The van der Waals surface area contributed by atoms with Crippen molar-refractivity contribution in [2.75, 3.05) is 13.2 Å². The van der Waals surface area contributed by atoms with Crippen LogP contribution in [0.5, 0.6) is 0 Å². The van der Waals surface area contributed by atoms with Gasteiger partial charge in [-0.1, -0.05) is 29.8 Å². The van der Waals surface area contributed by atoms with Crippen molar-refractivity contribution in [3.8, 4) is 0 Å². The molecule has 2 aromatic carbocycles. The fourth-order valence-electron chi connectivity index (χ4n) is 4.07. The number of ether oxygens (including phenoxy) is 1. The maximum absolute atomic E-state index is 13.0. The highest BCUT2D eigenvalue weighted by molar-refractivity contribution is 6.46. The molecule has 1 N–H and O–H groups in total. The Morgan fingerprint density at radius 3 is 2.42 bits per heavy atom. The highest BCUT2D eigenvalue weighted by Gasteiger charge is 2.47. The lowest BCUT2D eigenvalue weighted by Crippen LogP contribution is -2.36. The Morgan fingerprint density at radius 2 is 1.84 bits per heavy atom. The Labute approximate surface area is 178 Å². The van der Waals surface area contributed by atoms with Crippen molar-refractivity contribution < 1.29 is 24.4 Å². The zero-order valence-electron chi connectivity index (χ0n) is 17.0. The summed E-state index contributed by atoms with van der Waals surface area (Å²) in [5.74, 6) is -1.76. The van der Waals surface area contributed by atoms with Crippen molar-refractivity contribution in [1.29, 1.82) is 0 Å². The zero-order valence-corrected chi connectivity index (χ0v) is 17.0. The van der Waals surface area contributed by atoms with Crippen molar-refractivity contribution in [1.82, 2.24) is 4.90 Å². The summed E-state index contributed by atoms with van der Waals surface area (Å²) in [6, 6.07) is 11.8. The van der Waals surface area contributed by atoms with Crippen LogP contribution in [0.4, 0.5) is 5.69 Å². The predicted octanol–water partition coefficient (Wildman–Crippen LogP) is 3.50. The molecule has 0 spiro atoms. The molecule has 0 aliphatic carbocycles. The van der Waals surface area contributed by atoms with E-state index in [1.165, 1.54) is 29.2 Å². The Balaban J connectivity index is 1.81. The molecule has 2 aliphatic heterocycles. The van der Waals surface area contributed by atoms with Gasteiger partial charge in [0.05, 0.1) is 22.6 Å². The van der Waals surface area contributed by atoms with Crippen LogP contribution >= 0.6 is 0 Å². The quantitative estimate of drug-likeness (QED) is 0.260. The molecule has 8 nitrogen and oxygen atoms in total. The smallest absolute Gasteiger partial charge is 0.295 e. The largest absolute Gasteiger partial charge is 0.507 e. The molecule has 8 heteroatoms. The summed E-state index contributed by atoms with van der Waals surface area (Å²) in [6.07, 6.45) is 1.45. The molecule has 2 aromatic rings. The van der Waals surface area contributed by atoms with Crippen LogP contribution in [0.25, 0.3) is 5.76 Å². The van der Waals surface area contributed by atoms with Gasteiger partial charge in [0.1, 0.15) is 5.76 Å². The molecule has 31 heavy (non-hydrogen) atoms. The molecule has 0 radical (unpaired) electrons. The van der Waals surface area contributed by atoms with E-state index >= 15 is 0 Å². The molecule has 2 heterocycles. The summed E-state index contributed by atoms with van der Waals surface area (Å²) in [7, 11) is 0. The summed E-state index contributed by atoms with van der Waals surface area (Å²) in [4.78, 5) is 37.8. The number of carbonyl (C=O) groups excluding carboxylic acids is 2. The fraction of sp³-hybridized carbons (Fsp3) is 0.304. The number of carbonyl (C=O) groups is 2. The number of aryl methyl sites for hydroxylation is 1. The van der Waals surface area contributed by atoms with Gasteiger partial charge in [0.15, 0.2) is 0 Å². The van der Waals surface area contributed by atoms with Crippen molar-refractivity contribution in [2.45, 2.75) is 31.9 Å². The van der Waals surface area contributed by atoms with Crippen LogP contribution < -0.4 is 0 Å². The molecule has 2 fully saturated rings. The Bertz CT molecular complexity index is 1050. The number of non-ortho nitro benzene ring substituents is 1. The van der Waals surface area contributed by atoms with Gasteiger partial charge in [-0.2, -0.15) is 0 Å². The summed E-state index contributed by atoms with van der Waals surface area (Å²) in [5, 5.41) is 22.0. The Kier molecular flexibility index (Phi) is 5.56. The van der Waals surface area contributed by atoms with E-state index in [2.05, 4.69) is 0 Å². The molecule has 0 bridgehead atoms. The van der Waals surface area contributed by atoms with Crippen LogP contribution in [0.15, 0.2) is 54.1 Å². The molecule has 160 valence electrons. The number of hydrogen-bond donors (Lipinski definition) is 1. The maximum atomic E-state index is 13.0. The van der Waals surface area contributed by atoms with E-state index in [1.807, 2.05) is 6.92 Å². The van der Waals surface area contributed by atoms with Crippen molar-refractivity contribution in [3.05, 3.63) is 80.9 Å². The number of aliphatic hydroxyl groups excluding tert-OH is 1. The molecule has 2 unspecified atom stereocenters. The molecule has 1 amide bonds. The van der Waals surface area contributed by atoms with Gasteiger partial charge in [0, 0.05) is 30.8 Å². The number of ketones is 1. The monoisotopic (exact) mass is 422 g/mol. The number of benzene rings is 2. The van der Waals surface area contributed by atoms with Crippen molar-refractivity contribution in [2.24, 2.45) is 0 Å². The van der Waals surface area contributed by atoms with Gasteiger partial charge in [0.25, 0.3) is 17.4 Å². The average Bonchev–Trinajstić information content (AvgIpc) is 3.36. The van der Waals surface area contributed by atoms with E-state index in [4.69, 9.17) is 4.74 Å². The van der Waals surface area contributed by atoms with Gasteiger partial charge in [-0.05, 0) is 37.5 Å². The minimum atomic E-state index is -0.855. The van der Waals surface area contributed by atoms with Crippen LogP contribution in [-0.4, -0.2) is 45.9 Å². The van der Waals surface area contributed by atoms with E-state index in [1.54, 1.807) is 24.3 Å². The van der Waals surface area contributed by atoms with Crippen LogP contribution in [0, 0.1) is 17.0 Å². The van der Waals surface area contributed by atoms with Gasteiger partial charge in [-0.3, -0.25) is 19.7 Å². The number of amides is 1. The molecular weight excluding hydrogens is 400 g/mol. The van der Waals surface area contributed by atoms with E-state index in [-0.39, 0.29) is 29.7 Å². The zero-order chi connectivity index (χ0) is 22.1. The third kappa shape index (κ3) is 3.94. The summed E-state index contributed by atoms with van der Waals surface area (Å²) in [5.41, 5.74) is 1.80. The van der Waals surface area contributed by atoms with Gasteiger partial charge in [-0.25, -0.2) is 0 Å². The summed E-state index contributed by atoms with van der Waals surface area (Å²) >= 11 is 0. The molecule has 2 saturated heterocycles. The lowest BCUT2D eigenvalue weighted by atomic mass is 9.94. The summed E-state index contributed by atoms with van der Waals surface area (Å²) in [6.45, 7) is 2.71. The van der Waals surface area contributed by atoms with E-state index in [0.29, 0.717) is 17.7 Å². The van der Waals surface area contributed by atoms with Crippen molar-refractivity contribution >= 4 is 23.1 Å². The first-order valence-corrected chi connectivity index (χ1v) is 10.1. The van der Waals surface area contributed by atoms with Crippen LogP contribution in [0.3, 0.4) is 0 Å². The molecule has 2 aliphatic rings. The standard InChI is InChI=1S/C23H22N2O6/c1-14-4-6-16(7-5-14)21(26)19-20(15-8-10-17(11-9-15)25(29)30)24(23(28)22(19)27)13-18-3-2-12-31-18/h4-11,18,20,26H,2-3,12-13H2,1H3/b21-19+. The average molecular weight is 422 g/mol. The number of rotatable bonds is 5. The van der Waals surface area contributed by atoms with Gasteiger partial charge in [0.2, 0.25) is 0 Å². The fourth-order valence-corrected chi connectivity index (χ4v) is 4.07. The highest BCUT2D eigenvalue weighted by atomic mass is 16.6. The topological polar surface area (TPSA) is 110 Å². The second-order valence-electron chi connectivity index (χ2n) is 7.80. The third-order valence-electron chi connectivity index (χ3n) is 5.71. The number of nitro benzene ring substituents is 1. The minimum absolute atomic E-state index is 0.0271. The van der Waals surface area contributed by atoms with Crippen LogP contribution in [-0.2, 0) is 14.3 Å². The molecular formula is C23H22N2O6. The predicted molar refractivity (Wildman–Crippen MR) is 112 cm³/mol. The number of nitro groups is 1. The van der Waals surface area contributed by atoms with Crippen LogP contribution in [0.1, 0.15) is 35.6 Å². The minimum Gasteiger partial charge on any atom is -0.507 e. The second kappa shape index (κ2) is 8.31. The summed E-state index contributed by atoms with van der Waals surface area (Å²) < 4.78 is 5.65. The SMILES string of the molecule is Cc1ccc(/C(O)=C2\C(=O)C(=O)N(CC3CCCO3)C2c2ccc([N+](=O)[O-])cc2)cc1. The van der Waals surface area contributed by atoms with Gasteiger partial charge in [-0.15, -0.1) is 0 Å². The van der Waals surface area contributed by atoms with Gasteiger partial charge < -0.3 is 14.7 Å². The third-order valence-corrected chi connectivity index (χ3v) is 5.71. The van der Waals surface area contributed by atoms with Crippen molar-refractivity contribution in [3.63, 3.8) is 0 Å². The van der Waals surface area contributed by atoms with Gasteiger partial charge >= 0.3 is 0 Å². The maximum Gasteiger partial charge on any atom is 0.295 e. The lowest BCUT2D eigenvalue weighted by molar-refractivity contribution is -0.384. The Morgan fingerprint density at radius 1 is 1.16 bits per heavy atom. The number of hydrogen-bond acceptors (Lipinski definition) is 6.